The Labute approximate surface area is 148 Å². The van der Waals surface area contributed by atoms with Crippen LogP contribution in [0.25, 0.3) is 0 Å². The van der Waals surface area contributed by atoms with Gasteiger partial charge in [-0.3, -0.25) is 0 Å². The summed E-state index contributed by atoms with van der Waals surface area (Å²) in [4.78, 5) is 11.9. The zero-order valence-corrected chi connectivity index (χ0v) is 14.6. The van der Waals surface area contributed by atoms with E-state index < -0.39 is 0 Å². The van der Waals surface area contributed by atoms with Gasteiger partial charge in [0.2, 0.25) is 0 Å². The summed E-state index contributed by atoms with van der Waals surface area (Å²) in [5.74, 6) is 1.02. The van der Waals surface area contributed by atoms with Crippen LogP contribution in [0.15, 0.2) is 48.5 Å². The monoisotopic (exact) mass is 343 g/mol. The normalized spacial score (nSPS) is 10.3. The molecule has 5 nitrogen and oxygen atoms in total. The molecular formula is C20H25NO4. The van der Waals surface area contributed by atoms with Gasteiger partial charge in [0.25, 0.3) is 0 Å². The third-order valence-corrected chi connectivity index (χ3v) is 3.49. The highest BCUT2D eigenvalue weighted by Gasteiger charge is 2.10. The highest BCUT2D eigenvalue weighted by molar-refractivity contribution is 5.90. The second-order valence-corrected chi connectivity index (χ2v) is 5.61. The number of nitrogen functional groups attached to an aromatic ring is 1. The highest BCUT2D eigenvalue weighted by Crippen LogP contribution is 2.23. The van der Waals surface area contributed by atoms with Crippen molar-refractivity contribution in [2.24, 2.45) is 0 Å². The van der Waals surface area contributed by atoms with Crippen LogP contribution in [0.4, 0.5) is 5.69 Å². The second-order valence-electron chi connectivity index (χ2n) is 5.61. The van der Waals surface area contributed by atoms with E-state index in [4.69, 9.17) is 19.9 Å². The molecule has 0 amide bonds. The van der Waals surface area contributed by atoms with Crippen molar-refractivity contribution < 1.29 is 19.0 Å². The molecule has 2 rings (SSSR count). The maximum absolute atomic E-state index is 11.9. The largest absolute Gasteiger partial charge is 0.494 e. The molecule has 0 aliphatic rings. The van der Waals surface area contributed by atoms with E-state index in [-0.39, 0.29) is 5.97 Å². The molecule has 0 atom stereocenters. The molecule has 0 heterocycles. The molecule has 25 heavy (non-hydrogen) atoms. The van der Waals surface area contributed by atoms with Crippen molar-refractivity contribution in [2.75, 3.05) is 25.6 Å². The summed E-state index contributed by atoms with van der Waals surface area (Å²) >= 11 is 0. The summed E-state index contributed by atoms with van der Waals surface area (Å²) in [6.45, 7) is 3.50. The van der Waals surface area contributed by atoms with Crippen LogP contribution in [0.3, 0.4) is 0 Å². The van der Waals surface area contributed by atoms with Crippen LogP contribution in [0.1, 0.15) is 36.5 Å². The van der Waals surface area contributed by atoms with Gasteiger partial charge in [0, 0.05) is 0 Å². The van der Waals surface area contributed by atoms with Gasteiger partial charge in [-0.2, -0.15) is 0 Å². The van der Waals surface area contributed by atoms with E-state index in [2.05, 4.69) is 0 Å². The van der Waals surface area contributed by atoms with Gasteiger partial charge in [-0.1, -0.05) is 25.1 Å². The average molecular weight is 343 g/mol. The molecule has 0 fully saturated rings. The summed E-state index contributed by atoms with van der Waals surface area (Å²) in [5.41, 5.74) is 6.86. The summed E-state index contributed by atoms with van der Waals surface area (Å²) in [5, 5.41) is 0. The van der Waals surface area contributed by atoms with Gasteiger partial charge in [0.15, 0.2) is 0 Å². The minimum Gasteiger partial charge on any atom is -0.494 e. The maximum Gasteiger partial charge on any atom is 0.338 e. The van der Waals surface area contributed by atoms with Gasteiger partial charge in [-0.05, 0) is 49.6 Å². The molecule has 0 unspecified atom stereocenters. The summed E-state index contributed by atoms with van der Waals surface area (Å²) in [7, 11) is 0. The lowest BCUT2D eigenvalue weighted by molar-refractivity contribution is 0.0504. The number of hydrogen-bond donors (Lipinski definition) is 1. The summed E-state index contributed by atoms with van der Waals surface area (Å²) in [6, 6.07) is 14.6. The minimum absolute atomic E-state index is 0.358. The smallest absolute Gasteiger partial charge is 0.338 e. The Morgan fingerprint density at radius 2 is 1.68 bits per heavy atom. The Bertz CT molecular complexity index is 658. The Morgan fingerprint density at radius 1 is 0.960 bits per heavy atom. The number of hydrogen-bond acceptors (Lipinski definition) is 5. The number of carbonyl (C=O) groups excluding carboxylic acids is 1. The number of para-hydroxylation sites is 1. The maximum atomic E-state index is 11.9. The lowest BCUT2D eigenvalue weighted by atomic mass is 10.2. The van der Waals surface area contributed by atoms with Crippen molar-refractivity contribution in [3.8, 4) is 11.5 Å². The Hall–Kier alpha value is -2.69. The Kier molecular flexibility index (Phi) is 7.63. The quantitative estimate of drug-likeness (QED) is 0.400. The Morgan fingerprint density at radius 3 is 2.40 bits per heavy atom. The molecule has 0 saturated heterocycles. The van der Waals surface area contributed by atoms with Crippen molar-refractivity contribution in [2.45, 2.75) is 26.2 Å². The molecule has 2 aromatic rings. The lowest BCUT2D eigenvalue weighted by Gasteiger charge is -2.11. The first-order valence-electron chi connectivity index (χ1n) is 8.58. The first kappa shape index (κ1) is 18.6. The molecule has 0 bridgehead atoms. The summed E-state index contributed by atoms with van der Waals surface area (Å²) in [6.07, 6.45) is 2.49. The SMILES string of the molecule is CCCOC(=O)c1ccc(N)c(OCCCCOc2ccccc2)c1. The van der Waals surface area contributed by atoms with E-state index in [1.165, 1.54) is 0 Å². The molecule has 0 aliphatic heterocycles. The van der Waals surface area contributed by atoms with Crippen molar-refractivity contribution in [3.63, 3.8) is 0 Å². The van der Waals surface area contributed by atoms with Crippen molar-refractivity contribution in [1.82, 2.24) is 0 Å². The number of benzene rings is 2. The van der Waals surface area contributed by atoms with Crippen LogP contribution < -0.4 is 15.2 Å². The number of nitrogens with two attached hydrogens (primary N) is 1. The van der Waals surface area contributed by atoms with Crippen LogP contribution in [0.5, 0.6) is 11.5 Å². The third kappa shape index (κ3) is 6.37. The average Bonchev–Trinajstić information content (AvgIpc) is 2.64. The molecule has 0 aliphatic carbocycles. The fraction of sp³-hybridized carbons (Fsp3) is 0.350. The minimum atomic E-state index is -0.358. The van der Waals surface area contributed by atoms with E-state index in [0.717, 1.165) is 25.0 Å². The Balaban J connectivity index is 1.73. The number of unbranched alkanes of at least 4 members (excludes halogenated alkanes) is 1. The molecule has 2 aromatic carbocycles. The van der Waals surface area contributed by atoms with Crippen molar-refractivity contribution >= 4 is 11.7 Å². The molecule has 0 saturated carbocycles. The fourth-order valence-corrected chi connectivity index (χ4v) is 2.16. The zero-order valence-electron chi connectivity index (χ0n) is 14.6. The van der Waals surface area contributed by atoms with Gasteiger partial charge in [0.05, 0.1) is 31.1 Å². The topological polar surface area (TPSA) is 70.8 Å². The molecule has 0 spiro atoms. The van der Waals surface area contributed by atoms with Crippen molar-refractivity contribution in [3.05, 3.63) is 54.1 Å². The fourth-order valence-electron chi connectivity index (χ4n) is 2.16. The molecule has 2 N–H and O–H groups in total. The van der Waals surface area contributed by atoms with Crippen molar-refractivity contribution in [1.29, 1.82) is 0 Å². The van der Waals surface area contributed by atoms with Crippen LogP contribution in [-0.4, -0.2) is 25.8 Å². The van der Waals surface area contributed by atoms with Crippen LogP contribution in [-0.2, 0) is 4.74 Å². The molecular weight excluding hydrogens is 318 g/mol. The van der Waals surface area contributed by atoms with Gasteiger partial charge >= 0.3 is 5.97 Å². The predicted octanol–water partition coefficient (Wildman–Crippen LogP) is 4.07. The molecule has 134 valence electrons. The molecule has 5 heteroatoms. The van der Waals surface area contributed by atoms with E-state index in [9.17, 15) is 4.79 Å². The van der Waals surface area contributed by atoms with Gasteiger partial charge in [-0.25, -0.2) is 4.79 Å². The number of anilines is 1. The van der Waals surface area contributed by atoms with Gasteiger partial charge in [0.1, 0.15) is 11.5 Å². The first-order chi connectivity index (χ1) is 12.2. The third-order valence-electron chi connectivity index (χ3n) is 3.49. The zero-order chi connectivity index (χ0) is 17.9. The summed E-state index contributed by atoms with van der Waals surface area (Å²) < 4.78 is 16.4. The lowest BCUT2D eigenvalue weighted by Crippen LogP contribution is -2.08. The van der Waals surface area contributed by atoms with Crippen LogP contribution >= 0.6 is 0 Å². The van der Waals surface area contributed by atoms with E-state index >= 15 is 0 Å². The number of esters is 1. The number of rotatable bonds is 10. The predicted molar refractivity (Wildman–Crippen MR) is 98.1 cm³/mol. The number of carbonyl (C=O) groups is 1. The van der Waals surface area contributed by atoms with Crippen LogP contribution in [0, 0.1) is 0 Å². The first-order valence-corrected chi connectivity index (χ1v) is 8.58. The number of ether oxygens (including phenoxy) is 3. The van der Waals surface area contributed by atoms with E-state index in [0.29, 0.717) is 36.8 Å². The second kappa shape index (κ2) is 10.2. The standard InChI is InChI=1S/C20H25NO4/c1-2-12-25-20(22)16-10-11-18(21)19(15-16)24-14-7-6-13-23-17-8-4-3-5-9-17/h3-5,8-11,15H,2,6-7,12-14,21H2,1H3. The van der Waals surface area contributed by atoms with Gasteiger partial charge in [-0.15, -0.1) is 0 Å². The van der Waals surface area contributed by atoms with E-state index in [1.54, 1.807) is 18.2 Å². The van der Waals surface area contributed by atoms with E-state index in [1.807, 2.05) is 37.3 Å². The van der Waals surface area contributed by atoms with Gasteiger partial charge < -0.3 is 19.9 Å². The molecule has 0 aromatic heterocycles. The molecule has 0 radical (unpaired) electrons. The van der Waals surface area contributed by atoms with Crippen LogP contribution in [0.2, 0.25) is 0 Å². The highest BCUT2D eigenvalue weighted by atomic mass is 16.5.